The van der Waals surface area contributed by atoms with Gasteiger partial charge in [0, 0.05) is 11.9 Å². The van der Waals surface area contributed by atoms with Gasteiger partial charge in [0.25, 0.3) is 5.91 Å². The molecule has 0 aliphatic heterocycles. The summed E-state index contributed by atoms with van der Waals surface area (Å²) in [4.78, 5) is 24.1. The molecule has 0 aromatic heterocycles. The van der Waals surface area contributed by atoms with E-state index in [4.69, 9.17) is 16.3 Å². The molecule has 0 unspecified atom stereocenters. The molecule has 0 atom stereocenters. The summed E-state index contributed by atoms with van der Waals surface area (Å²) in [6, 6.07) is 9.19. The van der Waals surface area contributed by atoms with Gasteiger partial charge in [0.15, 0.2) is 16.4 Å². The van der Waals surface area contributed by atoms with E-state index in [1.807, 2.05) is 19.9 Å². The fourth-order valence-corrected chi connectivity index (χ4v) is 3.01. The van der Waals surface area contributed by atoms with Gasteiger partial charge in [-0.25, -0.2) is 13.2 Å². The molecule has 6 nitrogen and oxygen atoms in total. The summed E-state index contributed by atoms with van der Waals surface area (Å²) in [6.45, 7) is 3.26. The van der Waals surface area contributed by atoms with E-state index in [9.17, 15) is 18.0 Å². The average Bonchev–Trinajstić information content (AvgIpc) is 2.56. The number of sulfone groups is 1. The molecule has 0 aliphatic rings. The molecule has 2 rings (SSSR count). The number of benzene rings is 2. The highest BCUT2D eigenvalue weighted by molar-refractivity contribution is 7.90. The van der Waals surface area contributed by atoms with Crippen LogP contribution in [-0.2, 0) is 19.4 Å². The number of nitrogens with one attached hydrogen (secondary N) is 1. The summed E-state index contributed by atoms with van der Waals surface area (Å²) >= 11 is 5.93. The number of aryl methyl sites for hydroxylation is 1. The van der Waals surface area contributed by atoms with E-state index in [0.717, 1.165) is 23.4 Å². The van der Waals surface area contributed by atoms with Crippen LogP contribution in [0.5, 0.6) is 0 Å². The molecule has 2 aromatic rings. The second-order valence-corrected chi connectivity index (χ2v) is 8.21. The third-order valence-electron chi connectivity index (χ3n) is 3.80. The van der Waals surface area contributed by atoms with Crippen molar-refractivity contribution < 1.29 is 22.7 Å². The number of hydrogen-bond acceptors (Lipinski definition) is 5. The normalized spacial score (nSPS) is 11.1. The van der Waals surface area contributed by atoms with E-state index < -0.39 is 28.3 Å². The number of rotatable bonds is 5. The quantitative estimate of drug-likeness (QED) is 0.785. The first-order chi connectivity index (χ1) is 12.1. The monoisotopic (exact) mass is 395 g/mol. The lowest BCUT2D eigenvalue weighted by atomic mass is 10.1. The van der Waals surface area contributed by atoms with Crippen molar-refractivity contribution in [3.63, 3.8) is 0 Å². The van der Waals surface area contributed by atoms with Crippen molar-refractivity contribution in [2.24, 2.45) is 0 Å². The summed E-state index contributed by atoms with van der Waals surface area (Å²) in [5, 5.41) is 2.70. The van der Waals surface area contributed by atoms with E-state index in [1.54, 1.807) is 12.1 Å². The van der Waals surface area contributed by atoms with Gasteiger partial charge in [-0.1, -0.05) is 23.7 Å². The number of carbonyl (C=O) groups is 2. The van der Waals surface area contributed by atoms with Crippen molar-refractivity contribution in [3.05, 3.63) is 58.1 Å². The summed E-state index contributed by atoms with van der Waals surface area (Å²) in [5.41, 5.74) is 2.44. The largest absolute Gasteiger partial charge is 0.452 e. The first kappa shape index (κ1) is 19.9. The maximum Gasteiger partial charge on any atom is 0.340 e. The van der Waals surface area contributed by atoms with E-state index in [2.05, 4.69) is 5.32 Å². The molecule has 0 saturated heterocycles. The average molecular weight is 396 g/mol. The Morgan fingerprint density at radius 1 is 1.15 bits per heavy atom. The molecule has 0 heterocycles. The van der Waals surface area contributed by atoms with Crippen LogP contribution >= 0.6 is 11.6 Å². The Kier molecular flexibility index (Phi) is 6.05. The number of esters is 1. The SMILES string of the molecule is Cc1cccc(NC(=O)COC(=O)c2cc(S(C)(=O)=O)ccc2Cl)c1C. The maximum atomic E-state index is 12.1. The van der Waals surface area contributed by atoms with Crippen LogP contribution in [0.4, 0.5) is 5.69 Å². The topological polar surface area (TPSA) is 89.5 Å². The molecule has 26 heavy (non-hydrogen) atoms. The molecule has 0 radical (unpaired) electrons. The molecule has 0 fully saturated rings. The zero-order valence-electron chi connectivity index (χ0n) is 14.5. The number of amides is 1. The third kappa shape index (κ3) is 4.83. The Bertz CT molecular complexity index is 970. The Hall–Kier alpha value is -2.38. The molecular weight excluding hydrogens is 378 g/mol. The van der Waals surface area contributed by atoms with Crippen molar-refractivity contribution in [3.8, 4) is 0 Å². The molecule has 138 valence electrons. The molecule has 0 saturated carbocycles. The van der Waals surface area contributed by atoms with Crippen molar-refractivity contribution in [1.82, 2.24) is 0 Å². The fourth-order valence-electron chi connectivity index (χ4n) is 2.17. The number of carbonyl (C=O) groups excluding carboxylic acids is 2. The molecule has 0 aliphatic carbocycles. The molecule has 0 spiro atoms. The minimum absolute atomic E-state index is 0.0392. The van der Waals surface area contributed by atoms with Gasteiger partial charge >= 0.3 is 5.97 Å². The van der Waals surface area contributed by atoms with Gasteiger partial charge in [-0.05, 0) is 49.2 Å². The summed E-state index contributed by atoms with van der Waals surface area (Å²) in [6.07, 6.45) is 1.02. The van der Waals surface area contributed by atoms with Gasteiger partial charge in [0.1, 0.15) is 0 Å². The minimum Gasteiger partial charge on any atom is -0.452 e. The molecule has 1 N–H and O–H groups in total. The lowest BCUT2D eigenvalue weighted by Crippen LogP contribution is -2.21. The van der Waals surface area contributed by atoms with Gasteiger partial charge < -0.3 is 10.1 Å². The summed E-state index contributed by atoms with van der Waals surface area (Å²) in [7, 11) is -3.50. The highest BCUT2D eigenvalue weighted by Crippen LogP contribution is 2.22. The first-order valence-corrected chi connectivity index (χ1v) is 9.89. The number of anilines is 1. The van der Waals surface area contributed by atoms with Crippen LogP contribution in [0.3, 0.4) is 0 Å². The molecule has 2 aromatic carbocycles. The van der Waals surface area contributed by atoms with Gasteiger partial charge in [-0.2, -0.15) is 0 Å². The van der Waals surface area contributed by atoms with Crippen LogP contribution in [0, 0.1) is 13.8 Å². The predicted octanol–water partition coefficient (Wildman–Crippen LogP) is 3.16. The Labute approximate surface area is 157 Å². The zero-order chi connectivity index (χ0) is 19.5. The highest BCUT2D eigenvalue weighted by atomic mass is 35.5. The fraction of sp³-hybridized carbons (Fsp3) is 0.222. The van der Waals surface area contributed by atoms with Crippen molar-refractivity contribution in [2.45, 2.75) is 18.7 Å². The van der Waals surface area contributed by atoms with Crippen molar-refractivity contribution in [2.75, 3.05) is 18.2 Å². The van der Waals surface area contributed by atoms with Crippen LogP contribution in [0.2, 0.25) is 5.02 Å². The number of halogens is 1. The van der Waals surface area contributed by atoms with Crippen LogP contribution < -0.4 is 5.32 Å². The lowest BCUT2D eigenvalue weighted by Gasteiger charge is -2.11. The highest BCUT2D eigenvalue weighted by Gasteiger charge is 2.18. The maximum absolute atomic E-state index is 12.1. The van der Waals surface area contributed by atoms with E-state index in [0.29, 0.717) is 5.69 Å². The van der Waals surface area contributed by atoms with Gasteiger partial charge in [0.05, 0.1) is 15.5 Å². The van der Waals surface area contributed by atoms with E-state index in [-0.39, 0.29) is 15.5 Å². The molecule has 0 bridgehead atoms. The van der Waals surface area contributed by atoms with E-state index >= 15 is 0 Å². The van der Waals surface area contributed by atoms with E-state index in [1.165, 1.54) is 12.1 Å². The van der Waals surface area contributed by atoms with Crippen LogP contribution in [0.25, 0.3) is 0 Å². The van der Waals surface area contributed by atoms with Crippen molar-refractivity contribution in [1.29, 1.82) is 0 Å². The number of ether oxygens (including phenoxy) is 1. The summed E-state index contributed by atoms with van der Waals surface area (Å²) in [5.74, 6) is -1.39. The third-order valence-corrected chi connectivity index (χ3v) is 5.24. The van der Waals surface area contributed by atoms with Crippen molar-refractivity contribution >= 4 is 39.0 Å². The van der Waals surface area contributed by atoms with Crippen LogP contribution in [0.1, 0.15) is 21.5 Å². The molecule has 1 amide bonds. The second-order valence-electron chi connectivity index (χ2n) is 5.79. The summed E-state index contributed by atoms with van der Waals surface area (Å²) < 4.78 is 28.1. The minimum atomic E-state index is -3.50. The first-order valence-electron chi connectivity index (χ1n) is 7.62. The Morgan fingerprint density at radius 2 is 1.85 bits per heavy atom. The Balaban J connectivity index is 2.07. The van der Waals surface area contributed by atoms with Gasteiger partial charge in [-0.15, -0.1) is 0 Å². The molecular formula is C18H18ClNO5S. The number of hydrogen-bond donors (Lipinski definition) is 1. The predicted molar refractivity (Wildman–Crippen MR) is 99.4 cm³/mol. The van der Waals surface area contributed by atoms with Crippen LogP contribution in [0.15, 0.2) is 41.3 Å². The van der Waals surface area contributed by atoms with Crippen LogP contribution in [-0.4, -0.2) is 33.2 Å². The lowest BCUT2D eigenvalue weighted by molar-refractivity contribution is -0.119. The van der Waals surface area contributed by atoms with Gasteiger partial charge in [0.2, 0.25) is 0 Å². The second kappa shape index (κ2) is 7.88. The Morgan fingerprint density at radius 3 is 2.50 bits per heavy atom. The standard InChI is InChI=1S/C18H18ClNO5S/c1-11-5-4-6-16(12(11)2)20-17(21)10-25-18(22)14-9-13(26(3,23)24)7-8-15(14)19/h4-9H,10H2,1-3H3,(H,20,21). The smallest absolute Gasteiger partial charge is 0.340 e. The molecule has 8 heteroatoms. The zero-order valence-corrected chi connectivity index (χ0v) is 16.1. The van der Waals surface area contributed by atoms with Gasteiger partial charge in [-0.3, -0.25) is 4.79 Å².